The summed E-state index contributed by atoms with van der Waals surface area (Å²) in [6.45, 7) is 1.59. The first-order valence-electron chi connectivity index (χ1n) is 10.3. The summed E-state index contributed by atoms with van der Waals surface area (Å²) < 4.78 is 18.7. The van der Waals surface area contributed by atoms with Gasteiger partial charge in [0.1, 0.15) is 11.9 Å². The molecule has 1 aromatic carbocycles. The summed E-state index contributed by atoms with van der Waals surface area (Å²) in [6.07, 6.45) is 6.44. The monoisotopic (exact) mass is 402 g/mol. The fourth-order valence-corrected chi connectivity index (χ4v) is 5.91. The summed E-state index contributed by atoms with van der Waals surface area (Å²) >= 11 is 0. The lowest BCUT2D eigenvalue weighted by molar-refractivity contribution is -0.147. The minimum atomic E-state index is -0.809. The summed E-state index contributed by atoms with van der Waals surface area (Å²) in [5, 5.41) is 5.33. The Kier molecular flexibility index (Phi) is 5.09. The number of hydrogen-bond acceptors (Lipinski definition) is 4. The summed E-state index contributed by atoms with van der Waals surface area (Å²) in [4.78, 5) is 37.3. The number of ether oxygens (including phenoxy) is 1. The Morgan fingerprint density at radius 2 is 1.69 bits per heavy atom. The van der Waals surface area contributed by atoms with Crippen LogP contribution in [0.2, 0.25) is 0 Å². The quantitative estimate of drug-likeness (QED) is 0.741. The molecule has 0 radical (unpaired) electrons. The molecule has 0 heterocycles. The van der Waals surface area contributed by atoms with Crippen LogP contribution in [0, 0.1) is 29.0 Å². The molecule has 0 unspecified atom stereocenters. The number of halogens is 1. The van der Waals surface area contributed by atoms with Crippen LogP contribution in [0.5, 0.6) is 0 Å². The van der Waals surface area contributed by atoms with Gasteiger partial charge in [-0.05, 0) is 81.4 Å². The number of rotatable bonds is 5. The Balaban J connectivity index is 1.41. The van der Waals surface area contributed by atoms with Crippen LogP contribution in [-0.2, 0) is 14.3 Å². The third-order valence-corrected chi connectivity index (χ3v) is 6.91. The Bertz CT molecular complexity index is 818. The van der Waals surface area contributed by atoms with Crippen molar-refractivity contribution in [1.82, 2.24) is 5.32 Å². The molecule has 0 aliphatic heterocycles. The van der Waals surface area contributed by atoms with Crippen LogP contribution in [0.3, 0.4) is 0 Å². The van der Waals surface area contributed by atoms with Gasteiger partial charge < -0.3 is 15.4 Å². The van der Waals surface area contributed by atoms with E-state index < -0.39 is 23.7 Å². The van der Waals surface area contributed by atoms with Gasteiger partial charge in [0, 0.05) is 5.41 Å². The smallest absolute Gasteiger partial charge is 0.337 e. The fraction of sp³-hybridized carbons (Fsp3) is 0.591. The van der Waals surface area contributed by atoms with Crippen LogP contribution in [0.25, 0.3) is 0 Å². The summed E-state index contributed by atoms with van der Waals surface area (Å²) in [6, 6.07) is 2.80. The van der Waals surface area contributed by atoms with Gasteiger partial charge in [0.2, 0.25) is 11.8 Å². The largest absolute Gasteiger partial charge is 0.465 e. The zero-order valence-electron chi connectivity index (χ0n) is 16.8. The van der Waals surface area contributed by atoms with Crippen LogP contribution in [0.1, 0.15) is 55.8 Å². The van der Waals surface area contributed by atoms with Crippen molar-refractivity contribution in [3.05, 3.63) is 29.6 Å². The van der Waals surface area contributed by atoms with Crippen LogP contribution in [-0.4, -0.2) is 30.9 Å². The van der Waals surface area contributed by atoms with Gasteiger partial charge >= 0.3 is 5.97 Å². The lowest BCUT2D eigenvalue weighted by Gasteiger charge is -2.55. The summed E-state index contributed by atoms with van der Waals surface area (Å²) in [5.41, 5.74) is -0.331. The second-order valence-corrected chi connectivity index (χ2v) is 9.07. The SMILES string of the molecule is COC(=O)c1ccc(F)c(NC(=O)[C@H](C)NC(=O)C23CC4CC(CC(C4)C2)C3)c1. The van der Waals surface area contributed by atoms with Crippen LogP contribution < -0.4 is 10.6 Å². The van der Waals surface area contributed by atoms with Gasteiger partial charge in [-0.1, -0.05) is 0 Å². The highest BCUT2D eigenvalue weighted by molar-refractivity contribution is 5.99. The minimum Gasteiger partial charge on any atom is -0.465 e. The van der Waals surface area contributed by atoms with E-state index in [1.165, 1.54) is 38.5 Å². The second kappa shape index (κ2) is 7.43. The Hall–Kier alpha value is -2.44. The van der Waals surface area contributed by atoms with Crippen LogP contribution in [0.15, 0.2) is 18.2 Å². The maximum Gasteiger partial charge on any atom is 0.337 e. The van der Waals surface area contributed by atoms with Gasteiger partial charge in [0.25, 0.3) is 0 Å². The molecule has 5 rings (SSSR count). The Labute approximate surface area is 169 Å². The molecule has 4 aliphatic rings. The topological polar surface area (TPSA) is 84.5 Å². The number of carbonyl (C=O) groups is 3. The van der Waals surface area contributed by atoms with Crippen molar-refractivity contribution in [3.63, 3.8) is 0 Å². The van der Waals surface area contributed by atoms with Gasteiger partial charge in [0.15, 0.2) is 0 Å². The molecule has 156 valence electrons. The van der Waals surface area contributed by atoms with Crippen LogP contribution >= 0.6 is 0 Å². The Morgan fingerprint density at radius 3 is 2.24 bits per heavy atom. The zero-order chi connectivity index (χ0) is 20.8. The molecule has 0 spiro atoms. The zero-order valence-corrected chi connectivity index (χ0v) is 16.8. The number of benzene rings is 1. The highest BCUT2D eigenvalue weighted by atomic mass is 19.1. The standard InChI is InChI=1S/C22H27FN2O4/c1-12(19(26)25-18-8-16(20(27)29-2)3-4-17(18)23)24-21(28)22-9-13-5-14(10-22)7-15(6-13)11-22/h3-4,8,12-15H,5-7,9-11H2,1-2H3,(H,24,28)(H,25,26)/t12-,13?,14?,15?,22?/m0/s1. The number of esters is 1. The Morgan fingerprint density at radius 1 is 1.10 bits per heavy atom. The van der Waals surface area contributed by atoms with E-state index in [-0.39, 0.29) is 22.6 Å². The first-order chi connectivity index (χ1) is 13.8. The van der Waals surface area contributed by atoms with Crippen molar-refractivity contribution >= 4 is 23.5 Å². The molecular weight excluding hydrogens is 375 g/mol. The number of nitrogens with one attached hydrogen (secondary N) is 2. The van der Waals surface area contributed by atoms with Crippen LogP contribution in [0.4, 0.5) is 10.1 Å². The third kappa shape index (κ3) is 3.74. The maximum atomic E-state index is 14.1. The first kappa shape index (κ1) is 19.9. The van der Waals surface area contributed by atoms with E-state index in [0.29, 0.717) is 17.8 Å². The van der Waals surface area contributed by atoms with Crippen molar-refractivity contribution in [2.24, 2.45) is 23.2 Å². The fourth-order valence-electron chi connectivity index (χ4n) is 5.91. The van der Waals surface area contributed by atoms with E-state index >= 15 is 0 Å². The molecule has 2 N–H and O–H groups in total. The number of amides is 2. The normalized spacial score (nSPS) is 30.5. The van der Waals surface area contributed by atoms with Crippen molar-refractivity contribution in [3.8, 4) is 0 Å². The van der Waals surface area contributed by atoms with Crippen molar-refractivity contribution in [2.75, 3.05) is 12.4 Å². The van der Waals surface area contributed by atoms with Gasteiger partial charge in [-0.2, -0.15) is 0 Å². The maximum absolute atomic E-state index is 14.1. The highest BCUT2D eigenvalue weighted by Gasteiger charge is 2.54. The number of anilines is 1. The summed E-state index contributed by atoms with van der Waals surface area (Å²) in [5.74, 6) is 0.0326. The lowest BCUT2D eigenvalue weighted by Crippen LogP contribution is -2.56. The number of hydrogen-bond donors (Lipinski definition) is 2. The summed E-state index contributed by atoms with van der Waals surface area (Å²) in [7, 11) is 1.23. The minimum absolute atomic E-state index is 0.0527. The van der Waals surface area contributed by atoms with Gasteiger partial charge in [-0.15, -0.1) is 0 Å². The third-order valence-electron chi connectivity index (χ3n) is 6.91. The molecule has 7 heteroatoms. The average Bonchev–Trinajstić information content (AvgIpc) is 2.67. The number of carbonyl (C=O) groups excluding carboxylic acids is 3. The van der Waals surface area contributed by atoms with E-state index in [9.17, 15) is 18.8 Å². The van der Waals surface area contributed by atoms with Crippen molar-refractivity contribution in [1.29, 1.82) is 0 Å². The van der Waals surface area contributed by atoms with Gasteiger partial charge in [-0.25, -0.2) is 9.18 Å². The van der Waals surface area contributed by atoms with Gasteiger partial charge in [-0.3, -0.25) is 9.59 Å². The van der Waals surface area contributed by atoms with Gasteiger partial charge in [0.05, 0.1) is 18.4 Å². The molecule has 0 saturated heterocycles. The molecule has 4 fully saturated rings. The van der Waals surface area contributed by atoms with E-state index in [0.717, 1.165) is 25.3 Å². The molecule has 0 aromatic heterocycles. The van der Waals surface area contributed by atoms with Crippen molar-refractivity contribution < 1.29 is 23.5 Å². The molecule has 4 bridgehead atoms. The molecule has 1 aromatic rings. The molecule has 6 nitrogen and oxygen atoms in total. The van der Waals surface area contributed by atoms with E-state index in [2.05, 4.69) is 15.4 Å². The second-order valence-electron chi connectivity index (χ2n) is 9.07. The molecular formula is C22H27FN2O4. The molecule has 4 aliphatic carbocycles. The van der Waals surface area contributed by atoms with E-state index in [1.807, 2.05) is 0 Å². The van der Waals surface area contributed by atoms with E-state index in [4.69, 9.17) is 0 Å². The lowest BCUT2D eigenvalue weighted by atomic mass is 9.49. The molecule has 29 heavy (non-hydrogen) atoms. The first-order valence-corrected chi connectivity index (χ1v) is 10.3. The predicted molar refractivity (Wildman–Crippen MR) is 105 cm³/mol. The number of methoxy groups -OCH3 is 1. The predicted octanol–water partition coefficient (Wildman–Crippen LogP) is 3.27. The van der Waals surface area contributed by atoms with Crippen molar-refractivity contribution in [2.45, 2.75) is 51.5 Å². The molecule has 2 amide bonds. The highest BCUT2D eigenvalue weighted by Crippen LogP contribution is 2.60. The average molecular weight is 402 g/mol. The van der Waals surface area contributed by atoms with E-state index in [1.54, 1.807) is 6.92 Å². The molecule has 4 saturated carbocycles. The molecule has 1 atom stereocenters.